The third-order valence-corrected chi connectivity index (χ3v) is 6.62. The van der Waals surface area contributed by atoms with Crippen molar-refractivity contribution in [1.29, 1.82) is 5.26 Å². The number of nitriles is 1. The van der Waals surface area contributed by atoms with Crippen molar-refractivity contribution < 1.29 is 21.6 Å². The van der Waals surface area contributed by atoms with Crippen LogP contribution in [0.15, 0.2) is 41.8 Å². The number of halogens is 3. The van der Waals surface area contributed by atoms with Crippen molar-refractivity contribution in [2.75, 3.05) is 5.75 Å². The maximum absolute atomic E-state index is 13.0. The van der Waals surface area contributed by atoms with Crippen LogP contribution in [-0.2, 0) is 23.1 Å². The van der Waals surface area contributed by atoms with E-state index >= 15 is 0 Å². The normalized spacial score (nSPS) is 12.1. The van der Waals surface area contributed by atoms with Gasteiger partial charge in [-0.2, -0.15) is 18.4 Å². The summed E-state index contributed by atoms with van der Waals surface area (Å²) in [6.45, 7) is 1.46. The Kier molecular flexibility index (Phi) is 5.33. The highest BCUT2D eigenvalue weighted by Crippen LogP contribution is 2.33. The number of hydrogen-bond donors (Lipinski definition) is 0. The lowest BCUT2D eigenvalue weighted by atomic mass is 10.2. The van der Waals surface area contributed by atoms with E-state index in [-0.39, 0.29) is 50.2 Å². The van der Waals surface area contributed by atoms with Crippen LogP contribution in [0.2, 0.25) is 0 Å². The summed E-state index contributed by atoms with van der Waals surface area (Å²) < 4.78 is 66.3. The molecule has 0 aromatic carbocycles. The van der Waals surface area contributed by atoms with Crippen LogP contribution in [0.5, 0.6) is 0 Å². The van der Waals surface area contributed by atoms with Crippen LogP contribution in [0, 0.1) is 11.3 Å². The molecule has 4 aromatic heterocycles. The first-order valence-electron chi connectivity index (χ1n) is 9.40. The predicted octanol–water partition coefficient (Wildman–Crippen LogP) is 3.17. The van der Waals surface area contributed by atoms with Crippen LogP contribution >= 0.6 is 0 Å². The van der Waals surface area contributed by atoms with Gasteiger partial charge in [-0.3, -0.25) is 4.98 Å². The minimum absolute atomic E-state index is 0.00373. The molecule has 0 amide bonds. The van der Waals surface area contributed by atoms with Gasteiger partial charge < -0.3 is 4.57 Å². The van der Waals surface area contributed by atoms with Crippen molar-refractivity contribution >= 4 is 20.9 Å². The summed E-state index contributed by atoms with van der Waals surface area (Å²) in [5, 5.41) is 8.89. The monoisotopic (exact) mass is 473 g/mol. The van der Waals surface area contributed by atoms with Crippen molar-refractivity contribution in [3.63, 3.8) is 0 Å². The van der Waals surface area contributed by atoms with Gasteiger partial charge in [-0.15, -0.1) is 0 Å². The molecule has 168 valence electrons. The molecule has 0 atom stereocenters. The molecule has 9 nitrogen and oxygen atoms in total. The Bertz CT molecular complexity index is 1520. The number of alkyl halides is 3. The molecule has 0 saturated heterocycles. The lowest BCUT2D eigenvalue weighted by Gasteiger charge is -2.10. The summed E-state index contributed by atoms with van der Waals surface area (Å²) in [7, 11) is -2.30. The van der Waals surface area contributed by atoms with Gasteiger partial charge in [-0.05, 0) is 12.1 Å². The van der Waals surface area contributed by atoms with Crippen LogP contribution in [0.4, 0.5) is 13.2 Å². The van der Waals surface area contributed by atoms with E-state index in [9.17, 15) is 21.6 Å². The molecule has 0 aliphatic rings. The molecular weight excluding hydrogens is 459 g/mol. The zero-order chi connectivity index (χ0) is 24.0. The van der Waals surface area contributed by atoms with E-state index < -0.39 is 21.7 Å². The van der Waals surface area contributed by atoms with Crippen molar-refractivity contribution in [1.82, 2.24) is 29.5 Å². The maximum Gasteiger partial charge on any atom is 0.433 e. The largest absolute Gasteiger partial charge is 0.433 e. The molecule has 0 saturated carbocycles. The Morgan fingerprint density at radius 3 is 2.36 bits per heavy atom. The number of rotatable bonds is 4. The first-order chi connectivity index (χ1) is 15.5. The Morgan fingerprint density at radius 1 is 1.06 bits per heavy atom. The number of nitrogens with zero attached hydrogens (tertiary/aromatic N) is 7. The summed E-state index contributed by atoms with van der Waals surface area (Å²) in [4.78, 5) is 19.9. The molecule has 0 bridgehead atoms. The lowest BCUT2D eigenvalue weighted by molar-refractivity contribution is -0.141. The number of sulfone groups is 1. The predicted molar refractivity (Wildman–Crippen MR) is 110 cm³/mol. The quantitative estimate of drug-likeness (QED) is 0.442. The summed E-state index contributed by atoms with van der Waals surface area (Å²) in [6.07, 6.45) is 0.303. The highest BCUT2D eigenvalue weighted by molar-refractivity contribution is 7.91. The standard InChI is InChI=1S/C20H14F3N7O2S/c1-3-33(31,32)15-4-12(18-27-7-11(6-24)8-28-18)9-26-17(15)19-29-13-5-16(20(21,22)23)25-10-14(13)30(19)2/h4-5,7-10H,3H2,1-2H3. The van der Waals surface area contributed by atoms with Gasteiger partial charge in [-0.25, -0.2) is 28.4 Å². The number of imidazole rings is 1. The Hall–Kier alpha value is -3.92. The summed E-state index contributed by atoms with van der Waals surface area (Å²) in [5.41, 5.74) is -0.342. The van der Waals surface area contributed by atoms with Crippen molar-refractivity contribution in [2.24, 2.45) is 7.05 Å². The fraction of sp³-hybridized carbons (Fsp3) is 0.200. The molecule has 4 heterocycles. The fourth-order valence-corrected chi connectivity index (χ4v) is 4.17. The molecule has 0 fully saturated rings. The van der Waals surface area contributed by atoms with Gasteiger partial charge in [0.25, 0.3) is 0 Å². The molecule has 0 unspecified atom stereocenters. The van der Waals surface area contributed by atoms with Gasteiger partial charge in [0.05, 0.1) is 33.4 Å². The molecule has 0 aliphatic carbocycles. The second-order valence-corrected chi connectivity index (χ2v) is 9.18. The number of pyridine rings is 2. The molecule has 0 aliphatic heterocycles. The SMILES string of the molecule is CCS(=O)(=O)c1cc(-c2ncc(C#N)cn2)cnc1-c1nc2cc(C(F)(F)F)ncc2n1C. The van der Waals surface area contributed by atoms with E-state index in [2.05, 4.69) is 24.9 Å². The van der Waals surface area contributed by atoms with E-state index in [4.69, 9.17) is 5.26 Å². The van der Waals surface area contributed by atoms with E-state index in [1.807, 2.05) is 6.07 Å². The van der Waals surface area contributed by atoms with Gasteiger partial charge in [-0.1, -0.05) is 6.92 Å². The molecule has 0 radical (unpaired) electrons. The topological polar surface area (TPSA) is 127 Å². The maximum atomic E-state index is 13.0. The molecule has 4 aromatic rings. The van der Waals surface area contributed by atoms with Crippen LogP contribution in [0.3, 0.4) is 0 Å². The van der Waals surface area contributed by atoms with Gasteiger partial charge >= 0.3 is 6.18 Å². The van der Waals surface area contributed by atoms with Crippen molar-refractivity contribution in [3.05, 3.63) is 48.2 Å². The summed E-state index contributed by atoms with van der Waals surface area (Å²) in [6, 6.07) is 4.02. The van der Waals surface area contributed by atoms with Gasteiger partial charge in [0, 0.05) is 31.2 Å². The van der Waals surface area contributed by atoms with Crippen LogP contribution in [0.1, 0.15) is 18.2 Å². The Labute approximate surface area is 185 Å². The Morgan fingerprint density at radius 2 is 1.76 bits per heavy atom. The van der Waals surface area contributed by atoms with E-state index in [1.54, 1.807) is 0 Å². The number of aromatic nitrogens is 6. The zero-order valence-corrected chi connectivity index (χ0v) is 18.0. The molecule has 33 heavy (non-hydrogen) atoms. The third-order valence-electron chi connectivity index (χ3n) is 4.88. The van der Waals surface area contributed by atoms with Gasteiger partial charge in [0.1, 0.15) is 17.5 Å². The molecule has 0 spiro atoms. The molecule has 13 heteroatoms. The highest BCUT2D eigenvalue weighted by Gasteiger charge is 2.33. The molecule has 4 rings (SSSR count). The van der Waals surface area contributed by atoms with E-state index in [0.29, 0.717) is 0 Å². The number of fused-ring (bicyclic) bond motifs is 1. The first kappa shape index (κ1) is 22.3. The minimum Gasteiger partial charge on any atom is -0.324 e. The van der Waals surface area contributed by atoms with Gasteiger partial charge in [0.15, 0.2) is 21.5 Å². The average molecular weight is 473 g/mol. The zero-order valence-electron chi connectivity index (χ0n) is 17.2. The minimum atomic E-state index is -4.65. The van der Waals surface area contributed by atoms with Crippen LogP contribution in [-0.4, -0.2) is 43.7 Å². The third kappa shape index (κ3) is 4.00. The fourth-order valence-electron chi connectivity index (χ4n) is 3.12. The first-order valence-corrected chi connectivity index (χ1v) is 11.1. The molecular formula is C20H14F3N7O2S. The summed E-state index contributed by atoms with van der Waals surface area (Å²) in [5.74, 6) is -0.0293. The lowest BCUT2D eigenvalue weighted by Crippen LogP contribution is -2.09. The van der Waals surface area contributed by atoms with Crippen molar-refractivity contribution in [3.8, 4) is 29.0 Å². The summed E-state index contributed by atoms with van der Waals surface area (Å²) >= 11 is 0. The Balaban J connectivity index is 1.92. The second-order valence-electron chi connectivity index (χ2n) is 6.93. The number of aryl methyl sites for hydroxylation is 1. The number of hydrogen-bond acceptors (Lipinski definition) is 8. The van der Waals surface area contributed by atoms with Crippen molar-refractivity contribution in [2.45, 2.75) is 18.0 Å². The smallest absolute Gasteiger partial charge is 0.324 e. The second kappa shape index (κ2) is 7.89. The highest BCUT2D eigenvalue weighted by atomic mass is 32.2. The average Bonchev–Trinajstić information content (AvgIpc) is 3.14. The van der Waals surface area contributed by atoms with E-state index in [1.165, 1.54) is 43.2 Å². The van der Waals surface area contributed by atoms with Gasteiger partial charge in [0.2, 0.25) is 0 Å². The van der Waals surface area contributed by atoms with Crippen LogP contribution < -0.4 is 0 Å². The van der Waals surface area contributed by atoms with E-state index in [0.717, 1.165) is 12.3 Å². The van der Waals surface area contributed by atoms with Crippen LogP contribution in [0.25, 0.3) is 33.9 Å². The molecule has 0 N–H and O–H groups in total.